The third-order valence-corrected chi connectivity index (χ3v) is 4.78. The molecule has 2 aromatic carbocycles. The molecule has 132 valence electrons. The molecule has 0 aliphatic carbocycles. The van der Waals surface area contributed by atoms with Crippen LogP contribution in [0.4, 0.5) is 0 Å². The average molecular weight is 340 g/mol. The molecule has 0 saturated carbocycles. The number of rotatable bonds is 6. The maximum atomic E-state index is 11.2. The fourth-order valence-corrected chi connectivity index (χ4v) is 3.48. The van der Waals surface area contributed by atoms with E-state index in [1.54, 1.807) is 26.4 Å². The second-order valence-corrected chi connectivity index (χ2v) is 6.30. The van der Waals surface area contributed by atoms with Crippen LogP contribution < -0.4 is 15.2 Å². The van der Waals surface area contributed by atoms with Gasteiger partial charge < -0.3 is 15.2 Å². The minimum Gasteiger partial charge on any atom is -0.497 e. The van der Waals surface area contributed by atoms with Crippen molar-refractivity contribution in [1.29, 1.82) is 0 Å². The average Bonchev–Trinajstić information content (AvgIpc) is 3.09. The molecule has 2 aromatic rings. The Kier molecular flexibility index (Phi) is 5.24. The first-order valence-corrected chi connectivity index (χ1v) is 8.47. The number of hydrogen-bond acceptors (Lipinski definition) is 4. The molecule has 0 spiro atoms. The van der Waals surface area contributed by atoms with Gasteiger partial charge in [-0.1, -0.05) is 12.1 Å². The molecule has 5 nitrogen and oxygen atoms in total. The monoisotopic (exact) mass is 340 g/mol. The molecule has 1 saturated heterocycles. The van der Waals surface area contributed by atoms with Gasteiger partial charge in [-0.2, -0.15) is 0 Å². The van der Waals surface area contributed by atoms with Crippen molar-refractivity contribution in [3.8, 4) is 11.5 Å². The minimum absolute atomic E-state index is 0.292. The number of likely N-dealkylation sites (tertiary alicyclic amines) is 1. The van der Waals surface area contributed by atoms with Crippen LogP contribution in [0.15, 0.2) is 42.5 Å². The van der Waals surface area contributed by atoms with Crippen LogP contribution in [0.3, 0.4) is 0 Å². The Morgan fingerprint density at radius 3 is 2.56 bits per heavy atom. The molecule has 1 aliphatic heterocycles. The van der Waals surface area contributed by atoms with E-state index in [1.807, 2.05) is 24.3 Å². The predicted molar refractivity (Wildman–Crippen MR) is 96.9 cm³/mol. The summed E-state index contributed by atoms with van der Waals surface area (Å²) in [6, 6.07) is 13.8. The first kappa shape index (κ1) is 17.3. The maximum absolute atomic E-state index is 11.2. The van der Waals surface area contributed by atoms with E-state index < -0.39 is 5.91 Å². The lowest BCUT2D eigenvalue weighted by atomic mass is 10.0. The van der Waals surface area contributed by atoms with E-state index in [4.69, 9.17) is 15.2 Å². The Balaban J connectivity index is 1.82. The normalized spacial score (nSPS) is 17.4. The largest absolute Gasteiger partial charge is 0.497 e. The quantitative estimate of drug-likeness (QED) is 0.877. The van der Waals surface area contributed by atoms with Crippen LogP contribution in [0.1, 0.15) is 40.4 Å². The summed E-state index contributed by atoms with van der Waals surface area (Å²) < 4.78 is 10.9. The molecule has 5 heteroatoms. The molecule has 2 N–H and O–H groups in total. The highest BCUT2D eigenvalue weighted by molar-refractivity contribution is 5.92. The topological polar surface area (TPSA) is 64.8 Å². The van der Waals surface area contributed by atoms with Gasteiger partial charge in [0.25, 0.3) is 0 Å². The number of methoxy groups -OCH3 is 2. The first-order valence-electron chi connectivity index (χ1n) is 8.47. The number of nitrogens with zero attached hydrogens (tertiary/aromatic N) is 1. The fraction of sp³-hybridized carbons (Fsp3) is 0.350. The lowest BCUT2D eigenvalue weighted by molar-refractivity contribution is 0.100. The van der Waals surface area contributed by atoms with E-state index in [-0.39, 0.29) is 0 Å². The van der Waals surface area contributed by atoms with Crippen molar-refractivity contribution in [2.24, 2.45) is 5.73 Å². The van der Waals surface area contributed by atoms with Crippen LogP contribution in [-0.4, -0.2) is 31.6 Å². The van der Waals surface area contributed by atoms with Gasteiger partial charge in [0.2, 0.25) is 5.91 Å². The van der Waals surface area contributed by atoms with E-state index in [1.165, 1.54) is 5.56 Å². The van der Waals surface area contributed by atoms with Crippen molar-refractivity contribution in [2.45, 2.75) is 25.4 Å². The van der Waals surface area contributed by atoms with E-state index in [2.05, 4.69) is 11.0 Å². The SMILES string of the molecule is COc1ccc(OC)c([C@@H]2CCCN2Cc2ccc(C(N)=O)cc2)c1. The number of hydrogen-bond donors (Lipinski definition) is 1. The maximum Gasteiger partial charge on any atom is 0.248 e. The summed E-state index contributed by atoms with van der Waals surface area (Å²) in [5.74, 6) is 1.34. The zero-order valence-corrected chi connectivity index (χ0v) is 14.7. The molecular weight excluding hydrogens is 316 g/mol. The third kappa shape index (κ3) is 3.77. The Labute approximate surface area is 148 Å². The summed E-state index contributed by atoms with van der Waals surface area (Å²) in [7, 11) is 3.38. The first-order chi connectivity index (χ1) is 12.1. The molecular formula is C20H24N2O3. The highest BCUT2D eigenvalue weighted by atomic mass is 16.5. The molecule has 1 amide bonds. The van der Waals surface area contributed by atoms with Crippen molar-refractivity contribution in [2.75, 3.05) is 20.8 Å². The van der Waals surface area contributed by atoms with Gasteiger partial charge in [-0.15, -0.1) is 0 Å². The smallest absolute Gasteiger partial charge is 0.248 e. The molecule has 0 unspecified atom stereocenters. The fourth-order valence-electron chi connectivity index (χ4n) is 3.48. The summed E-state index contributed by atoms with van der Waals surface area (Å²) in [5, 5.41) is 0. The number of benzene rings is 2. The van der Waals surface area contributed by atoms with Crippen LogP contribution in [0.5, 0.6) is 11.5 Å². The highest BCUT2D eigenvalue weighted by Crippen LogP contribution is 2.39. The van der Waals surface area contributed by atoms with Crippen LogP contribution in [0.2, 0.25) is 0 Å². The molecule has 1 atom stereocenters. The molecule has 1 fully saturated rings. The minimum atomic E-state index is -0.397. The Hall–Kier alpha value is -2.53. The van der Waals surface area contributed by atoms with Crippen LogP contribution in [0, 0.1) is 0 Å². The van der Waals surface area contributed by atoms with E-state index >= 15 is 0 Å². The summed E-state index contributed by atoms with van der Waals surface area (Å²) in [6.07, 6.45) is 2.23. The second kappa shape index (κ2) is 7.57. The molecule has 0 bridgehead atoms. The van der Waals surface area contributed by atoms with Crippen molar-refractivity contribution < 1.29 is 14.3 Å². The van der Waals surface area contributed by atoms with Gasteiger partial charge >= 0.3 is 0 Å². The van der Waals surface area contributed by atoms with Crippen molar-refractivity contribution in [1.82, 2.24) is 4.90 Å². The van der Waals surface area contributed by atoms with Gasteiger partial charge in [0, 0.05) is 23.7 Å². The number of carbonyl (C=O) groups is 1. The van der Waals surface area contributed by atoms with Gasteiger partial charge in [-0.05, 0) is 55.3 Å². The van der Waals surface area contributed by atoms with E-state index in [9.17, 15) is 4.79 Å². The van der Waals surface area contributed by atoms with Gasteiger partial charge in [0.1, 0.15) is 11.5 Å². The Bertz CT molecular complexity index is 743. The van der Waals surface area contributed by atoms with E-state index in [0.29, 0.717) is 11.6 Å². The number of ether oxygens (including phenoxy) is 2. The molecule has 1 heterocycles. The third-order valence-electron chi connectivity index (χ3n) is 4.78. The zero-order valence-electron chi connectivity index (χ0n) is 14.7. The highest BCUT2D eigenvalue weighted by Gasteiger charge is 2.28. The molecule has 3 rings (SSSR count). The number of primary amides is 1. The number of carbonyl (C=O) groups excluding carboxylic acids is 1. The summed E-state index contributed by atoms with van der Waals surface area (Å²) in [4.78, 5) is 13.7. The van der Waals surface area contributed by atoms with Crippen LogP contribution in [-0.2, 0) is 6.54 Å². The standard InChI is InChI=1S/C20H24N2O3/c1-24-16-9-10-19(25-2)17(12-16)18-4-3-11-22(18)13-14-5-7-15(8-6-14)20(21)23/h5-10,12,18H,3-4,11,13H2,1-2H3,(H2,21,23)/t18-/m0/s1. The predicted octanol–water partition coefficient (Wildman–Crippen LogP) is 3.14. The number of nitrogens with two attached hydrogens (primary N) is 1. The van der Waals surface area contributed by atoms with Gasteiger partial charge in [0.05, 0.1) is 14.2 Å². The van der Waals surface area contributed by atoms with Crippen LogP contribution >= 0.6 is 0 Å². The zero-order chi connectivity index (χ0) is 17.8. The summed E-state index contributed by atoms with van der Waals surface area (Å²) in [6.45, 7) is 1.85. The molecule has 1 aliphatic rings. The summed E-state index contributed by atoms with van der Waals surface area (Å²) >= 11 is 0. The van der Waals surface area contributed by atoms with Crippen molar-refractivity contribution >= 4 is 5.91 Å². The van der Waals surface area contributed by atoms with Gasteiger partial charge in [0.15, 0.2) is 0 Å². The van der Waals surface area contributed by atoms with Gasteiger partial charge in [-0.3, -0.25) is 9.69 Å². The lowest BCUT2D eigenvalue weighted by Crippen LogP contribution is -2.23. The van der Waals surface area contributed by atoms with E-state index in [0.717, 1.165) is 43.0 Å². The second-order valence-electron chi connectivity index (χ2n) is 6.30. The Morgan fingerprint density at radius 2 is 1.92 bits per heavy atom. The summed E-state index contributed by atoms with van der Waals surface area (Å²) in [5.41, 5.74) is 8.17. The van der Waals surface area contributed by atoms with Crippen molar-refractivity contribution in [3.63, 3.8) is 0 Å². The van der Waals surface area contributed by atoms with Crippen LogP contribution in [0.25, 0.3) is 0 Å². The molecule has 0 aromatic heterocycles. The lowest BCUT2D eigenvalue weighted by Gasteiger charge is -2.26. The molecule has 0 radical (unpaired) electrons. The Morgan fingerprint density at radius 1 is 1.16 bits per heavy atom. The number of amides is 1. The molecule has 25 heavy (non-hydrogen) atoms. The van der Waals surface area contributed by atoms with Crippen molar-refractivity contribution in [3.05, 3.63) is 59.2 Å². The van der Waals surface area contributed by atoms with Gasteiger partial charge in [-0.25, -0.2) is 0 Å².